The number of carbonyl (C=O) groups excluding carboxylic acids is 2. The number of piperazine rings is 1. The van der Waals surface area contributed by atoms with Crippen LogP contribution >= 0.6 is 0 Å². The summed E-state index contributed by atoms with van der Waals surface area (Å²) in [5.74, 6) is -0.843. The topological polar surface area (TPSA) is 109 Å². The number of halogens is 3. The van der Waals surface area contributed by atoms with Gasteiger partial charge in [-0.15, -0.1) is 0 Å². The van der Waals surface area contributed by atoms with Crippen molar-refractivity contribution in [3.05, 3.63) is 53.6 Å². The molecule has 0 spiro atoms. The standard InChI is InChI=1S/C31H41F3N4O5/c1-20-6-4-5-7-26(20)37-12-13-38(27(18-37)30(35)41)29(40)15-23-8-9-24(16-28(23)42-19-31(32,33)34)43-25-10-11-36(17-22(3)39)21(2)14-25/h4-9,16,21-22,25,27,39H,10-15,17-19H2,1-3H3,(H2,35,41). The number of piperidine rings is 1. The SMILES string of the molecule is Cc1ccccc1N1CCN(C(=O)Cc2ccc(OC3CCN(CC(C)O)C(C)C3)cc2OCC(F)(F)F)C(C(N)=O)C1. The summed E-state index contributed by atoms with van der Waals surface area (Å²) in [6, 6.07) is 11.5. The van der Waals surface area contributed by atoms with E-state index in [0.717, 1.165) is 17.8 Å². The van der Waals surface area contributed by atoms with Crippen molar-refractivity contribution >= 4 is 17.5 Å². The molecule has 2 saturated heterocycles. The van der Waals surface area contributed by atoms with Gasteiger partial charge in [0.2, 0.25) is 11.8 Å². The Bertz CT molecular complexity index is 1270. The van der Waals surface area contributed by atoms with Crippen LogP contribution in [0.2, 0.25) is 0 Å². The number of para-hydroxylation sites is 1. The molecule has 2 aromatic rings. The summed E-state index contributed by atoms with van der Waals surface area (Å²) in [6.45, 7) is 6.42. The van der Waals surface area contributed by atoms with Crippen LogP contribution in [0.25, 0.3) is 0 Å². The fraction of sp³-hybridized carbons (Fsp3) is 0.548. The Balaban J connectivity index is 1.47. The van der Waals surface area contributed by atoms with Gasteiger partial charge in [-0.2, -0.15) is 13.2 Å². The Labute approximate surface area is 250 Å². The molecule has 4 unspecified atom stereocenters. The van der Waals surface area contributed by atoms with E-state index >= 15 is 0 Å². The zero-order valence-corrected chi connectivity index (χ0v) is 24.8. The Hall–Kier alpha value is -3.51. The minimum absolute atomic E-state index is 0.100. The maximum atomic E-state index is 13.5. The number of rotatable bonds is 10. The van der Waals surface area contributed by atoms with Crippen molar-refractivity contribution in [3.8, 4) is 11.5 Å². The van der Waals surface area contributed by atoms with Crippen molar-refractivity contribution in [1.29, 1.82) is 0 Å². The van der Waals surface area contributed by atoms with E-state index in [2.05, 4.69) is 4.90 Å². The minimum atomic E-state index is -4.58. The number of benzene rings is 2. The van der Waals surface area contributed by atoms with Crippen molar-refractivity contribution in [2.75, 3.05) is 44.2 Å². The van der Waals surface area contributed by atoms with Crippen LogP contribution in [0.5, 0.6) is 11.5 Å². The summed E-state index contributed by atoms with van der Waals surface area (Å²) >= 11 is 0. The maximum Gasteiger partial charge on any atom is 0.422 e. The lowest BCUT2D eigenvalue weighted by Crippen LogP contribution is -2.60. The molecule has 9 nitrogen and oxygen atoms in total. The van der Waals surface area contributed by atoms with Crippen molar-refractivity contribution in [3.63, 3.8) is 0 Å². The van der Waals surface area contributed by atoms with Crippen LogP contribution in [0.1, 0.15) is 37.8 Å². The molecule has 12 heteroatoms. The first kappa shape index (κ1) is 32.4. The van der Waals surface area contributed by atoms with E-state index in [1.807, 2.05) is 43.0 Å². The Morgan fingerprint density at radius 2 is 1.88 bits per heavy atom. The van der Waals surface area contributed by atoms with Crippen molar-refractivity contribution in [2.45, 2.75) is 70.5 Å². The first-order chi connectivity index (χ1) is 20.3. The number of aliphatic hydroxyl groups is 1. The first-order valence-electron chi connectivity index (χ1n) is 14.6. The van der Waals surface area contributed by atoms with Crippen LogP contribution < -0.4 is 20.1 Å². The lowest BCUT2D eigenvalue weighted by Gasteiger charge is -2.41. The fourth-order valence-electron chi connectivity index (χ4n) is 5.86. The molecule has 0 saturated carbocycles. The molecule has 2 aromatic carbocycles. The summed E-state index contributed by atoms with van der Waals surface area (Å²) in [5.41, 5.74) is 7.93. The molecule has 4 rings (SSSR count). The molecule has 0 radical (unpaired) electrons. The third kappa shape index (κ3) is 8.76. The summed E-state index contributed by atoms with van der Waals surface area (Å²) in [7, 11) is 0. The summed E-state index contributed by atoms with van der Waals surface area (Å²) < 4.78 is 50.6. The highest BCUT2D eigenvalue weighted by atomic mass is 19.4. The number of carbonyl (C=O) groups is 2. The maximum absolute atomic E-state index is 13.5. The summed E-state index contributed by atoms with van der Waals surface area (Å²) in [6.07, 6.45) is -4.07. The lowest BCUT2D eigenvalue weighted by atomic mass is 10.00. The molecule has 236 valence electrons. The third-order valence-electron chi connectivity index (χ3n) is 8.02. The van der Waals surface area contributed by atoms with Gasteiger partial charge in [0.15, 0.2) is 6.61 Å². The van der Waals surface area contributed by atoms with Crippen LogP contribution in [-0.4, -0.2) is 96.5 Å². The normalized spacial score (nSPS) is 22.3. The average Bonchev–Trinajstić information content (AvgIpc) is 2.93. The van der Waals surface area contributed by atoms with Gasteiger partial charge in [-0.1, -0.05) is 24.3 Å². The van der Waals surface area contributed by atoms with E-state index in [9.17, 15) is 27.9 Å². The van der Waals surface area contributed by atoms with Gasteiger partial charge in [-0.25, -0.2) is 0 Å². The molecule has 2 heterocycles. The van der Waals surface area contributed by atoms with Gasteiger partial charge in [0.25, 0.3) is 0 Å². The molecule has 2 amide bonds. The van der Waals surface area contributed by atoms with Gasteiger partial charge in [0, 0.05) is 56.1 Å². The van der Waals surface area contributed by atoms with E-state index in [4.69, 9.17) is 15.2 Å². The van der Waals surface area contributed by atoms with E-state index in [-0.39, 0.29) is 43.0 Å². The zero-order valence-electron chi connectivity index (χ0n) is 24.8. The quantitative estimate of drug-likeness (QED) is 0.428. The van der Waals surface area contributed by atoms with Gasteiger partial charge in [-0.3, -0.25) is 14.5 Å². The van der Waals surface area contributed by atoms with Gasteiger partial charge < -0.3 is 30.1 Å². The predicted molar refractivity (Wildman–Crippen MR) is 156 cm³/mol. The number of β-amino-alcohol motifs (C(OH)–C–C–N with tert-alkyl or cyclic N) is 1. The van der Waals surface area contributed by atoms with Gasteiger partial charge >= 0.3 is 6.18 Å². The van der Waals surface area contributed by atoms with Crippen molar-refractivity contribution in [2.24, 2.45) is 5.73 Å². The van der Waals surface area contributed by atoms with Gasteiger partial charge in [-0.05, 0) is 51.3 Å². The second-order valence-corrected chi connectivity index (χ2v) is 11.5. The number of primary amides is 1. The number of nitrogens with zero attached hydrogens (tertiary/aromatic N) is 3. The third-order valence-corrected chi connectivity index (χ3v) is 8.02. The molecule has 4 atom stereocenters. The molecule has 2 fully saturated rings. The Morgan fingerprint density at radius 3 is 2.53 bits per heavy atom. The van der Waals surface area contributed by atoms with Crippen LogP contribution in [0.3, 0.4) is 0 Å². The first-order valence-corrected chi connectivity index (χ1v) is 14.6. The molecule has 2 aliphatic rings. The number of aliphatic hydroxyl groups excluding tert-OH is 1. The van der Waals surface area contributed by atoms with E-state index in [1.54, 1.807) is 13.0 Å². The minimum Gasteiger partial charge on any atom is -0.490 e. The predicted octanol–water partition coefficient (Wildman–Crippen LogP) is 3.29. The number of anilines is 1. The Kier molecular flexibility index (Phi) is 10.4. The Morgan fingerprint density at radius 1 is 1.14 bits per heavy atom. The number of hydrogen-bond donors (Lipinski definition) is 2. The van der Waals surface area contributed by atoms with E-state index in [0.29, 0.717) is 31.7 Å². The average molecular weight is 607 g/mol. The molecule has 0 aliphatic carbocycles. The fourth-order valence-corrected chi connectivity index (χ4v) is 5.86. The number of nitrogens with two attached hydrogens (primary N) is 1. The number of ether oxygens (including phenoxy) is 2. The van der Waals surface area contributed by atoms with Crippen LogP contribution in [0, 0.1) is 6.92 Å². The molecule has 0 bridgehead atoms. The molecular formula is C31H41F3N4O5. The molecular weight excluding hydrogens is 565 g/mol. The van der Waals surface area contributed by atoms with E-state index < -0.39 is 36.7 Å². The van der Waals surface area contributed by atoms with Crippen LogP contribution in [-0.2, 0) is 16.0 Å². The molecule has 3 N–H and O–H groups in total. The van der Waals surface area contributed by atoms with Crippen LogP contribution in [0.15, 0.2) is 42.5 Å². The van der Waals surface area contributed by atoms with Gasteiger partial charge in [0.05, 0.1) is 12.5 Å². The number of hydrogen-bond acceptors (Lipinski definition) is 7. The number of alkyl halides is 3. The molecule has 0 aromatic heterocycles. The van der Waals surface area contributed by atoms with E-state index in [1.165, 1.54) is 17.0 Å². The number of aryl methyl sites for hydroxylation is 1. The van der Waals surface area contributed by atoms with Gasteiger partial charge in [0.1, 0.15) is 23.6 Å². The zero-order chi connectivity index (χ0) is 31.3. The lowest BCUT2D eigenvalue weighted by molar-refractivity contribution is -0.153. The second kappa shape index (κ2) is 13.9. The molecule has 2 aliphatic heterocycles. The monoisotopic (exact) mass is 606 g/mol. The highest BCUT2D eigenvalue weighted by Gasteiger charge is 2.35. The number of amides is 2. The highest BCUT2D eigenvalue weighted by Crippen LogP contribution is 2.31. The van der Waals surface area contributed by atoms with Crippen molar-refractivity contribution in [1.82, 2.24) is 9.80 Å². The largest absolute Gasteiger partial charge is 0.490 e. The van der Waals surface area contributed by atoms with Crippen molar-refractivity contribution < 1.29 is 37.3 Å². The highest BCUT2D eigenvalue weighted by molar-refractivity contribution is 5.89. The smallest absolute Gasteiger partial charge is 0.422 e. The summed E-state index contributed by atoms with van der Waals surface area (Å²) in [4.78, 5) is 31.5. The summed E-state index contributed by atoms with van der Waals surface area (Å²) in [5, 5.41) is 9.72. The number of likely N-dealkylation sites (tertiary alicyclic amines) is 1. The second-order valence-electron chi connectivity index (χ2n) is 11.5. The molecule has 43 heavy (non-hydrogen) atoms. The van der Waals surface area contributed by atoms with Crippen LogP contribution in [0.4, 0.5) is 18.9 Å².